The number of methoxy groups -OCH3 is 1. The van der Waals surface area contributed by atoms with Gasteiger partial charge in [-0.15, -0.1) is 0 Å². The second kappa shape index (κ2) is 10.5. The van der Waals surface area contributed by atoms with Crippen LogP contribution in [0.15, 0.2) is 82.6 Å². The largest absolute Gasteiger partial charge is 0.497 e. The number of anilines is 1. The maximum absolute atomic E-state index is 13.5. The number of nitrogens with one attached hydrogen (secondary N) is 1. The zero-order valence-corrected chi connectivity index (χ0v) is 21.6. The molecule has 10 heteroatoms. The lowest BCUT2D eigenvalue weighted by atomic mass is 10.1. The number of sulfone groups is 1. The van der Waals surface area contributed by atoms with E-state index in [1.165, 1.54) is 31.4 Å². The third-order valence-electron chi connectivity index (χ3n) is 5.44. The molecule has 1 atom stereocenters. The van der Waals surface area contributed by atoms with Crippen molar-refractivity contribution in [2.75, 3.05) is 24.2 Å². The monoisotopic (exact) mass is 516 g/mol. The van der Waals surface area contributed by atoms with Crippen molar-refractivity contribution in [1.29, 1.82) is 0 Å². The van der Waals surface area contributed by atoms with Crippen LogP contribution in [0, 0.1) is 6.92 Å². The number of amides is 1. The van der Waals surface area contributed by atoms with Crippen LogP contribution >= 0.6 is 0 Å². The Kier molecular flexibility index (Phi) is 7.86. The van der Waals surface area contributed by atoms with Gasteiger partial charge >= 0.3 is 0 Å². The summed E-state index contributed by atoms with van der Waals surface area (Å²) in [6, 6.07) is 18.5. The number of hydrogen-bond donors (Lipinski definition) is 1. The van der Waals surface area contributed by atoms with E-state index in [0.717, 1.165) is 16.1 Å². The van der Waals surface area contributed by atoms with Crippen molar-refractivity contribution < 1.29 is 26.4 Å². The highest BCUT2D eigenvalue weighted by Crippen LogP contribution is 2.26. The van der Waals surface area contributed by atoms with Crippen LogP contribution in [-0.4, -0.2) is 42.7 Å². The third-order valence-corrected chi connectivity index (χ3v) is 8.36. The summed E-state index contributed by atoms with van der Waals surface area (Å²) in [7, 11) is -5.90. The molecule has 0 aromatic heterocycles. The van der Waals surface area contributed by atoms with Gasteiger partial charge in [0, 0.05) is 6.26 Å². The molecule has 0 saturated heterocycles. The lowest BCUT2D eigenvalue weighted by Crippen LogP contribution is -2.41. The molecule has 1 amide bonds. The quantitative estimate of drug-likeness (QED) is 0.466. The van der Waals surface area contributed by atoms with Gasteiger partial charge in [-0.25, -0.2) is 16.8 Å². The van der Waals surface area contributed by atoms with Gasteiger partial charge in [0.15, 0.2) is 9.84 Å². The fourth-order valence-electron chi connectivity index (χ4n) is 3.41. The zero-order valence-electron chi connectivity index (χ0n) is 19.9. The molecule has 3 aromatic rings. The summed E-state index contributed by atoms with van der Waals surface area (Å²) >= 11 is 0. The zero-order chi connectivity index (χ0) is 25.8. The Morgan fingerprint density at radius 1 is 0.886 bits per heavy atom. The van der Waals surface area contributed by atoms with Crippen molar-refractivity contribution in [3.63, 3.8) is 0 Å². The average molecular weight is 517 g/mol. The van der Waals surface area contributed by atoms with Crippen molar-refractivity contribution in [1.82, 2.24) is 5.32 Å². The first-order chi connectivity index (χ1) is 16.4. The molecule has 0 heterocycles. The molecule has 1 N–H and O–H groups in total. The molecule has 0 aliphatic carbocycles. The van der Waals surface area contributed by atoms with Crippen LogP contribution in [0.1, 0.15) is 24.1 Å². The van der Waals surface area contributed by atoms with E-state index in [1.54, 1.807) is 55.5 Å². The summed E-state index contributed by atoms with van der Waals surface area (Å²) in [4.78, 5) is 13.1. The minimum absolute atomic E-state index is 0.0242. The number of carbonyl (C=O) groups excluding carboxylic acids is 1. The fourth-order valence-corrected chi connectivity index (χ4v) is 5.46. The van der Waals surface area contributed by atoms with E-state index in [0.29, 0.717) is 17.0 Å². The Morgan fingerprint density at radius 3 is 1.94 bits per heavy atom. The van der Waals surface area contributed by atoms with Crippen LogP contribution in [0.3, 0.4) is 0 Å². The van der Waals surface area contributed by atoms with Gasteiger partial charge in [0.05, 0.1) is 28.6 Å². The fraction of sp³-hybridized carbons (Fsp3) is 0.240. The number of hydrogen-bond acceptors (Lipinski definition) is 6. The first kappa shape index (κ1) is 26.2. The predicted molar refractivity (Wildman–Crippen MR) is 135 cm³/mol. The predicted octanol–water partition coefficient (Wildman–Crippen LogP) is 3.48. The average Bonchev–Trinajstić information content (AvgIpc) is 2.82. The molecule has 35 heavy (non-hydrogen) atoms. The molecule has 186 valence electrons. The topological polar surface area (TPSA) is 110 Å². The molecule has 0 unspecified atom stereocenters. The van der Waals surface area contributed by atoms with Crippen molar-refractivity contribution >= 4 is 31.5 Å². The minimum Gasteiger partial charge on any atom is -0.497 e. The molecule has 3 rings (SSSR count). The van der Waals surface area contributed by atoms with Crippen molar-refractivity contribution in [2.24, 2.45) is 0 Å². The van der Waals surface area contributed by atoms with E-state index in [-0.39, 0.29) is 9.79 Å². The van der Waals surface area contributed by atoms with Crippen LogP contribution in [0.4, 0.5) is 5.69 Å². The molecule has 8 nitrogen and oxygen atoms in total. The number of sulfonamides is 1. The molecule has 0 radical (unpaired) electrons. The smallest absolute Gasteiger partial charge is 0.264 e. The molecule has 0 aliphatic rings. The van der Waals surface area contributed by atoms with Gasteiger partial charge in [-0.3, -0.25) is 9.10 Å². The summed E-state index contributed by atoms with van der Waals surface area (Å²) in [6.45, 7) is 3.18. The van der Waals surface area contributed by atoms with E-state index < -0.39 is 38.4 Å². The molecule has 3 aromatic carbocycles. The van der Waals surface area contributed by atoms with Crippen LogP contribution in [0.2, 0.25) is 0 Å². The standard InChI is InChI=1S/C25H28N2O6S2/c1-18-5-9-21(10-6-18)27(35(31,32)24-15-11-22(33-3)12-16-24)17-25(28)26-19(2)20-7-13-23(14-8-20)34(4,29)30/h5-16,19H,17H2,1-4H3,(H,26,28)/t19-/m0/s1. The summed E-state index contributed by atoms with van der Waals surface area (Å²) < 4.78 is 56.5. The van der Waals surface area contributed by atoms with E-state index in [9.17, 15) is 21.6 Å². The van der Waals surface area contributed by atoms with Gasteiger partial charge in [-0.1, -0.05) is 29.8 Å². The first-order valence-corrected chi connectivity index (χ1v) is 14.1. The van der Waals surface area contributed by atoms with Crippen molar-refractivity contribution in [3.8, 4) is 5.75 Å². The number of nitrogens with zero attached hydrogens (tertiary/aromatic N) is 1. The van der Waals surface area contributed by atoms with Crippen molar-refractivity contribution in [3.05, 3.63) is 83.9 Å². The molecular weight excluding hydrogens is 488 g/mol. The number of aryl methyl sites for hydroxylation is 1. The summed E-state index contributed by atoms with van der Waals surface area (Å²) in [5.74, 6) is 0.00152. The van der Waals surface area contributed by atoms with E-state index >= 15 is 0 Å². The van der Waals surface area contributed by atoms with Crippen LogP contribution < -0.4 is 14.4 Å². The number of benzene rings is 3. The lowest BCUT2D eigenvalue weighted by molar-refractivity contribution is -0.120. The number of carbonyl (C=O) groups is 1. The number of ether oxygens (including phenoxy) is 1. The van der Waals surface area contributed by atoms with Gasteiger partial charge in [-0.2, -0.15) is 0 Å². The Balaban J connectivity index is 1.85. The van der Waals surface area contributed by atoms with E-state index in [1.807, 2.05) is 6.92 Å². The van der Waals surface area contributed by atoms with Gasteiger partial charge in [0.2, 0.25) is 5.91 Å². The number of rotatable bonds is 9. The van der Waals surface area contributed by atoms with Crippen LogP contribution in [-0.2, 0) is 24.7 Å². The van der Waals surface area contributed by atoms with Gasteiger partial charge < -0.3 is 10.1 Å². The molecule has 0 saturated carbocycles. The van der Waals surface area contributed by atoms with Crippen LogP contribution in [0.5, 0.6) is 5.75 Å². The van der Waals surface area contributed by atoms with Gasteiger partial charge in [0.25, 0.3) is 10.0 Å². The van der Waals surface area contributed by atoms with E-state index in [2.05, 4.69) is 5.32 Å². The second-order valence-corrected chi connectivity index (χ2v) is 12.0. The van der Waals surface area contributed by atoms with Gasteiger partial charge in [0.1, 0.15) is 12.3 Å². The Morgan fingerprint density at radius 2 is 1.43 bits per heavy atom. The Bertz CT molecular complexity index is 1380. The molecular formula is C25H28N2O6S2. The summed E-state index contributed by atoms with van der Waals surface area (Å²) in [5, 5.41) is 2.79. The Labute approximate surface area is 206 Å². The first-order valence-electron chi connectivity index (χ1n) is 10.7. The van der Waals surface area contributed by atoms with Gasteiger partial charge in [-0.05, 0) is 67.9 Å². The van der Waals surface area contributed by atoms with Crippen molar-refractivity contribution in [2.45, 2.75) is 29.7 Å². The Hall–Kier alpha value is -3.37. The minimum atomic E-state index is -4.06. The maximum Gasteiger partial charge on any atom is 0.264 e. The maximum atomic E-state index is 13.5. The second-order valence-electron chi connectivity index (χ2n) is 8.15. The molecule has 0 bridgehead atoms. The summed E-state index contributed by atoms with van der Waals surface area (Å²) in [6.07, 6.45) is 1.12. The lowest BCUT2D eigenvalue weighted by Gasteiger charge is -2.25. The highest BCUT2D eigenvalue weighted by Gasteiger charge is 2.28. The highest BCUT2D eigenvalue weighted by molar-refractivity contribution is 7.93. The summed E-state index contributed by atoms with van der Waals surface area (Å²) in [5.41, 5.74) is 1.99. The SMILES string of the molecule is COc1ccc(S(=O)(=O)N(CC(=O)N[C@@H](C)c2ccc(S(C)(=O)=O)cc2)c2ccc(C)cc2)cc1. The molecule has 0 spiro atoms. The molecule has 0 fully saturated rings. The third kappa shape index (κ3) is 6.40. The normalized spacial score (nSPS) is 12.6. The highest BCUT2D eigenvalue weighted by atomic mass is 32.2. The molecule has 0 aliphatic heterocycles. The van der Waals surface area contributed by atoms with Crippen LogP contribution in [0.25, 0.3) is 0 Å². The van der Waals surface area contributed by atoms with E-state index in [4.69, 9.17) is 4.74 Å².